The van der Waals surface area contributed by atoms with E-state index in [2.05, 4.69) is 10.9 Å². The number of hydrogen-bond acceptors (Lipinski definition) is 3. The van der Waals surface area contributed by atoms with Gasteiger partial charge in [-0.25, -0.2) is 0 Å². The van der Waals surface area contributed by atoms with Crippen molar-refractivity contribution in [2.75, 3.05) is 0 Å². The minimum absolute atomic E-state index is 0.312. The highest BCUT2D eigenvalue weighted by atomic mass is 16.5. The normalized spacial score (nSPS) is 17.6. The van der Waals surface area contributed by atoms with Gasteiger partial charge in [-0.05, 0) is 54.2 Å². The number of benzene rings is 2. The molecular weight excluding hydrogens is 304 g/mol. The van der Waals surface area contributed by atoms with Crippen molar-refractivity contribution in [2.24, 2.45) is 0 Å². The molecule has 0 aromatic heterocycles. The van der Waals surface area contributed by atoms with E-state index < -0.39 is 6.10 Å². The Balaban J connectivity index is 1.35. The Kier molecular flexibility index (Phi) is 3.69. The molecular formula is C19H18N2O3. The van der Waals surface area contributed by atoms with Crippen molar-refractivity contribution in [2.45, 2.75) is 31.8 Å². The molecule has 4 rings (SSSR count). The van der Waals surface area contributed by atoms with Gasteiger partial charge in [-0.15, -0.1) is 0 Å². The summed E-state index contributed by atoms with van der Waals surface area (Å²) < 4.78 is 5.60. The Morgan fingerprint density at radius 3 is 2.67 bits per heavy atom. The Labute approximate surface area is 140 Å². The molecule has 24 heavy (non-hydrogen) atoms. The number of carbonyl (C=O) groups excluding carboxylic acids is 2. The van der Waals surface area contributed by atoms with Crippen LogP contribution in [0.2, 0.25) is 0 Å². The van der Waals surface area contributed by atoms with Crippen LogP contribution in [0.3, 0.4) is 0 Å². The van der Waals surface area contributed by atoms with Crippen LogP contribution in [0.25, 0.3) is 0 Å². The van der Waals surface area contributed by atoms with Gasteiger partial charge in [-0.2, -0.15) is 0 Å². The Morgan fingerprint density at radius 2 is 1.79 bits per heavy atom. The molecule has 2 aromatic carbocycles. The molecule has 0 saturated carbocycles. The summed E-state index contributed by atoms with van der Waals surface area (Å²) in [5.41, 5.74) is 9.04. The summed E-state index contributed by atoms with van der Waals surface area (Å²) in [5, 5.41) is 0. The molecule has 1 heterocycles. The van der Waals surface area contributed by atoms with E-state index in [1.165, 1.54) is 11.1 Å². The predicted octanol–water partition coefficient (Wildman–Crippen LogP) is 1.94. The summed E-state index contributed by atoms with van der Waals surface area (Å²) in [5.74, 6) is 0.0665. The van der Waals surface area contributed by atoms with Gasteiger partial charge in [0, 0.05) is 12.0 Å². The molecule has 0 unspecified atom stereocenters. The second-order valence-electron chi connectivity index (χ2n) is 6.20. The van der Waals surface area contributed by atoms with E-state index in [1.54, 1.807) is 6.07 Å². The summed E-state index contributed by atoms with van der Waals surface area (Å²) in [7, 11) is 0. The van der Waals surface area contributed by atoms with Gasteiger partial charge in [0.15, 0.2) is 6.10 Å². The lowest BCUT2D eigenvalue weighted by Crippen LogP contribution is -2.47. The largest absolute Gasteiger partial charge is 0.480 e. The summed E-state index contributed by atoms with van der Waals surface area (Å²) in [4.78, 5) is 24.4. The van der Waals surface area contributed by atoms with Gasteiger partial charge in [0.2, 0.25) is 0 Å². The first-order valence-electron chi connectivity index (χ1n) is 8.17. The second kappa shape index (κ2) is 6.00. The molecule has 0 fully saturated rings. The van der Waals surface area contributed by atoms with E-state index in [9.17, 15) is 9.59 Å². The van der Waals surface area contributed by atoms with Crippen LogP contribution in [0.4, 0.5) is 0 Å². The number of aryl methyl sites for hydroxylation is 2. The molecule has 2 amide bonds. The van der Waals surface area contributed by atoms with Crippen LogP contribution in [-0.4, -0.2) is 17.9 Å². The number of fused-ring (bicyclic) bond motifs is 2. The third-order valence-electron chi connectivity index (χ3n) is 4.60. The van der Waals surface area contributed by atoms with Crippen molar-refractivity contribution in [3.63, 3.8) is 0 Å². The molecule has 5 heteroatoms. The van der Waals surface area contributed by atoms with Gasteiger partial charge in [-0.1, -0.05) is 24.3 Å². The number of carbonyl (C=O) groups is 2. The topological polar surface area (TPSA) is 67.4 Å². The number of nitrogens with one attached hydrogen (secondary N) is 2. The average Bonchev–Trinajstić information content (AvgIpc) is 3.24. The summed E-state index contributed by atoms with van der Waals surface area (Å²) in [6.45, 7) is 0. The third kappa shape index (κ3) is 2.73. The van der Waals surface area contributed by atoms with Crippen molar-refractivity contribution in [1.29, 1.82) is 0 Å². The van der Waals surface area contributed by atoms with Crippen LogP contribution in [0, 0.1) is 0 Å². The van der Waals surface area contributed by atoms with E-state index in [0.29, 0.717) is 12.0 Å². The first-order valence-corrected chi connectivity index (χ1v) is 8.17. The van der Waals surface area contributed by atoms with Crippen LogP contribution in [0.1, 0.15) is 33.5 Å². The highest BCUT2D eigenvalue weighted by Crippen LogP contribution is 2.28. The molecule has 1 atom stereocenters. The minimum Gasteiger partial charge on any atom is -0.480 e. The zero-order valence-corrected chi connectivity index (χ0v) is 13.2. The number of rotatable bonds is 2. The maximum Gasteiger partial charge on any atom is 0.279 e. The van der Waals surface area contributed by atoms with Gasteiger partial charge in [-0.3, -0.25) is 20.4 Å². The van der Waals surface area contributed by atoms with Gasteiger partial charge in [0.1, 0.15) is 5.75 Å². The number of ether oxygens (including phenoxy) is 1. The maximum atomic E-state index is 12.2. The molecule has 0 bridgehead atoms. The second-order valence-corrected chi connectivity index (χ2v) is 6.20. The fourth-order valence-electron chi connectivity index (χ4n) is 3.31. The molecule has 1 aliphatic heterocycles. The monoisotopic (exact) mass is 322 g/mol. The highest BCUT2D eigenvalue weighted by molar-refractivity contribution is 5.96. The fourth-order valence-corrected chi connectivity index (χ4v) is 3.31. The lowest BCUT2D eigenvalue weighted by molar-refractivity contribution is -0.128. The summed E-state index contributed by atoms with van der Waals surface area (Å²) >= 11 is 0. The number of para-hydroxylation sites is 1. The van der Waals surface area contributed by atoms with E-state index in [1.807, 2.05) is 36.4 Å². The zero-order valence-electron chi connectivity index (χ0n) is 13.2. The molecule has 122 valence electrons. The number of amides is 2. The van der Waals surface area contributed by atoms with E-state index in [4.69, 9.17) is 4.74 Å². The van der Waals surface area contributed by atoms with Gasteiger partial charge in [0.25, 0.3) is 11.8 Å². The molecule has 5 nitrogen and oxygen atoms in total. The SMILES string of the molecule is O=C(NNC(=O)[C@@H]1Cc2ccccc2O1)c1ccc2c(c1)CCC2. The lowest BCUT2D eigenvalue weighted by Gasteiger charge is -2.12. The molecule has 2 aromatic rings. The van der Waals surface area contributed by atoms with Gasteiger partial charge < -0.3 is 4.74 Å². The van der Waals surface area contributed by atoms with Crippen molar-refractivity contribution in [3.05, 3.63) is 64.7 Å². The van der Waals surface area contributed by atoms with Crippen LogP contribution in [-0.2, 0) is 24.1 Å². The van der Waals surface area contributed by atoms with Crippen LogP contribution in [0.15, 0.2) is 42.5 Å². The molecule has 1 aliphatic carbocycles. The third-order valence-corrected chi connectivity index (χ3v) is 4.60. The molecule has 0 saturated heterocycles. The average molecular weight is 322 g/mol. The van der Waals surface area contributed by atoms with E-state index in [0.717, 1.165) is 30.6 Å². The number of hydrazine groups is 1. The quantitative estimate of drug-likeness (QED) is 0.830. The first-order chi connectivity index (χ1) is 11.7. The summed E-state index contributed by atoms with van der Waals surface area (Å²) in [6.07, 6.45) is 3.13. The van der Waals surface area contributed by atoms with Gasteiger partial charge in [0.05, 0.1) is 0 Å². The maximum absolute atomic E-state index is 12.2. The van der Waals surface area contributed by atoms with Crippen molar-refractivity contribution < 1.29 is 14.3 Å². The molecule has 2 aliphatic rings. The van der Waals surface area contributed by atoms with Crippen LogP contribution in [0.5, 0.6) is 5.75 Å². The van der Waals surface area contributed by atoms with Crippen molar-refractivity contribution in [1.82, 2.24) is 10.9 Å². The van der Waals surface area contributed by atoms with Crippen molar-refractivity contribution >= 4 is 11.8 Å². The van der Waals surface area contributed by atoms with Crippen molar-refractivity contribution in [3.8, 4) is 5.75 Å². The molecule has 0 spiro atoms. The standard InChI is InChI=1S/C19H18N2O3/c22-18(15-9-8-12-5-3-6-13(12)10-15)20-21-19(23)17-11-14-4-1-2-7-16(14)24-17/h1-2,4,7-10,17H,3,5-6,11H2,(H,20,22)(H,21,23)/t17-/m0/s1. The lowest BCUT2D eigenvalue weighted by atomic mass is 10.1. The minimum atomic E-state index is -0.609. The predicted molar refractivity (Wildman–Crippen MR) is 88.6 cm³/mol. The Morgan fingerprint density at radius 1 is 0.958 bits per heavy atom. The smallest absolute Gasteiger partial charge is 0.279 e. The van der Waals surface area contributed by atoms with Gasteiger partial charge >= 0.3 is 0 Å². The first kappa shape index (κ1) is 14.8. The molecule has 2 N–H and O–H groups in total. The zero-order chi connectivity index (χ0) is 16.5. The van der Waals surface area contributed by atoms with Crippen LogP contribution >= 0.6 is 0 Å². The van der Waals surface area contributed by atoms with Crippen LogP contribution < -0.4 is 15.6 Å². The number of hydrogen-bond donors (Lipinski definition) is 2. The highest BCUT2D eigenvalue weighted by Gasteiger charge is 2.29. The van der Waals surface area contributed by atoms with E-state index >= 15 is 0 Å². The Hall–Kier alpha value is -2.82. The Bertz CT molecular complexity index is 791. The fraction of sp³-hybridized carbons (Fsp3) is 0.263. The summed E-state index contributed by atoms with van der Waals surface area (Å²) in [6, 6.07) is 13.3. The van der Waals surface area contributed by atoms with E-state index in [-0.39, 0.29) is 11.8 Å². The molecule has 0 radical (unpaired) electrons.